The molecule has 3 rings (SSSR count). The Kier molecular flexibility index (Phi) is 7.05. The number of rotatable bonds is 7. The van der Waals surface area contributed by atoms with Crippen molar-refractivity contribution in [2.24, 2.45) is 0 Å². The lowest BCUT2D eigenvalue weighted by Gasteiger charge is -2.34. The number of benzene rings is 1. The second-order valence-electron chi connectivity index (χ2n) is 6.25. The minimum absolute atomic E-state index is 0.230. The molecule has 1 aromatic heterocycles. The van der Waals surface area contributed by atoms with Gasteiger partial charge in [0.1, 0.15) is 10.8 Å². The highest BCUT2D eigenvalue weighted by Crippen LogP contribution is 2.24. The highest BCUT2D eigenvalue weighted by Gasteiger charge is 2.21. The minimum Gasteiger partial charge on any atom is -0.340 e. The molecule has 4 nitrogen and oxygen atoms in total. The second-order valence-corrected chi connectivity index (χ2v) is 8.51. The first-order chi connectivity index (χ1) is 12.7. The van der Waals surface area contributed by atoms with E-state index in [1.807, 2.05) is 16.7 Å². The van der Waals surface area contributed by atoms with Crippen LogP contribution in [0.3, 0.4) is 0 Å². The molecule has 0 atom stereocenters. The van der Waals surface area contributed by atoms with Gasteiger partial charge in [0.15, 0.2) is 0 Å². The monoisotopic (exact) mass is 393 g/mol. The minimum atomic E-state index is -0.230. The molecule has 1 aliphatic heterocycles. The number of amides is 1. The molecule has 0 saturated carbocycles. The molecule has 2 aromatic rings. The zero-order chi connectivity index (χ0) is 18.4. The van der Waals surface area contributed by atoms with Gasteiger partial charge in [0.2, 0.25) is 5.91 Å². The maximum absolute atomic E-state index is 13.0. The van der Waals surface area contributed by atoms with Crippen LogP contribution in [0.5, 0.6) is 0 Å². The summed E-state index contributed by atoms with van der Waals surface area (Å²) in [4.78, 5) is 21.2. The summed E-state index contributed by atoms with van der Waals surface area (Å²) in [5.41, 5.74) is 1.98. The van der Waals surface area contributed by atoms with Crippen molar-refractivity contribution >= 4 is 29.0 Å². The normalized spacial score (nSPS) is 15.4. The summed E-state index contributed by atoms with van der Waals surface area (Å²) in [5, 5.41) is 2.99. The fraction of sp³-hybridized carbons (Fsp3) is 0.474. The van der Waals surface area contributed by atoms with Gasteiger partial charge in [0.25, 0.3) is 0 Å². The number of carbonyl (C=O) groups is 1. The summed E-state index contributed by atoms with van der Waals surface area (Å²) in [5.74, 6) is 2.03. The average molecular weight is 394 g/mol. The predicted octanol–water partition coefficient (Wildman–Crippen LogP) is 3.74. The van der Waals surface area contributed by atoms with Gasteiger partial charge >= 0.3 is 0 Å². The van der Waals surface area contributed by atoms with Crippen molar-refractivity contribution in [1.82, 2.24) is 14.8 Å². The maximum Gasteiger partial charge on any atom is 0.223 e. The van der Waals surface area contributed by atoms with E-state index in [-0.39, 0.29) is 11.7 Å². The van der Waals surface area contributed by atoms with E-state index in [2.05, 4.69) is 22.2 Å². The van der Waals surface area contributed by atoms with Crippen LogP contribution in [0.4, 0.5) is 4.39 Å². The molecule has 0 radical (unpaired) electrons. The van der Waals surface area contributed by atoms with Crippen molar-refractivity contribution in [1.29, 1.82) is 0 Å². The topological polar surface area (TPSA) is 36.4 Å². The quantitative estimate of drug-likeness (QED) is 0.672. The molecule has 0 unspecified atom stereocenters. The van der Waals surface area contributed by atoms with Crippen LogP contribution in [0, 0.1) is 5.82 Å². The number of thioether (sulfide) groups is 1. The van der Waals surface area contributed by atoms with Crippen LogP contribution in [0.25, 0.3) is 10.6 Å². The highest BCUT2D eigenvalue weighted by atomic mass is 32.2. The molecule has 0 N–H and O–H groups in total. The number of nitrogens with zero attached hydrogens (tertiary/aromatic N) is 3. The van der Waals surface area contributed by atoms with Crippen LogP contribution < -0.4 is 0 Å². The van der Waals surface area contributed by atoms with Crippen molar-refractivity contribution in [2.45, 2.75) is 19.9 Å². The molecule has 0 spiro atoms. The number of aromatic nitrogens is 1. The van der Waals surface area contributed by atoms with E-state index in [1.165, 1.54) is 12.1 Å². The van der Waals surface area contributed by atoms with Crippen molar-refractivity contribution < 1.29 is 9.18 Å². The highest BCUT2D eigenvalue weighted by molar-refractivity contribution is 7.99. The van der Waals surface area contributed by atoms with Crippen LogP contribution in [0.1, 0.15) is 19.0 Å². The van der Waals surface area contributed by atoms with Crippen LogP contribution in [-0.4, -0.2) is 58.4 Å². The van der Waals surface area contributed by atoms with Gasteiger partial charge in [-0.15, -0.1) is 11.3 Å². The van der Waals surface area contributed by atoms with Gasteiger partial charge in [-0.05, 0) is 30.0 Å². The summed E-state index contributed by atoms with van der Waals surface area (Å²) in [6, 6.07) is 6.45. The molecule has 1 aliphatic rings. The van der Waals surface area contributed by atoms with Gasteiger partial charge in [-0.2, -0.15) is 11.8 Å². The van der Waals surface area contributed by atoms with Gasteiger partial charge in [-0.1, -0.05) is 6.92 Å². The van der Waals surface area contributed by atoms with Gasteiger partial charge < -0.3 is 4.90 Å². The van der Waals surface area contributed by atoms with E-state index in [0.29, 0.717) is 6.42 Å². The lowest BCUT2D eigenvalue weighted by Crippen LogP contribution is -2.48. The number of halogens is 1. The SMILES string of the molecule is CCSCCC(=O)N1CCN(Cc2csc(-c3ccc(F)cc3)n2)CC1. The summed E-state index contributed by atoms with van der Waals surface area (Å²) in [6.07, 6.45) is 0.644. The van der Waals surface area contributed by atoms with E-state index in [9.17, 15) is 9.18 Å². The fourth-order valence-electron chi connectivity index (χ4n) is 2.95. The molecule has 2 heterocycles. The zero-order valence-corrected chi connectivity index (χ0v) is 16.6. The average Bonchev–Trinajstić information content (AvgIpc) is 3.11. The Balaban J connectivity index is 1.47. The van der Waals surface area contributed by atoms with Crippen molar-refractivity contribution in [2.75, 3.05) is 37.7 Å². The third-order valence-electron chi connectivity index (χ3n) is 4.42. The van der Waals surface area contributed by atoms with Crippen molar-refractivity contribution in [3.63, 3.8) is 0 Å². The molecule has 7 heteroatoms. The Morgan fingerprint density at radius 1 is 1.23 bits per heavy atom. The smallest absolute Gasteiger partial charge is 0.223 e. The molecular formula is C19H24FN3OS2. The first kappa shape index (κ1) is 19.3. The van der Waals surface area contributed by atoms with Crippen LogP contribution in [0.15, 0.2) is 29.6 Å². The van der Waals surface area contributed by atoms with Crippen LogP contribution in [0.2, 0.25) is 0 Å². The second kappa shape index (κ2) is 9.48. The lowest BCUT2D eigenvalue weighted by molar-refractivity contribution is -0.132. The molecule has 0 bridgehead atoms. The summed E-state index contributed by atoms with van der Waals surface area (Å²) >= 11 is 3.40. The first-order valence-electron chi connectivity index (χ1n) is 8.94. The molecule has 26 heavy (non-hydrogen) atoms. The Morgan fingerprint density at radius 3 is 2.65 bits per heavy atom. The van der Waals surface area contributed by atoms with Crippen molar-refractivity contribution in [3.05, 3.63) is 41.2 Å². The number of hydrogen-bond donors (Lipinski definition) is 0. The zero-order valence-electron chi connectivity index (χ0n) is 15.0. The van der Waals surface area contributed by atoms with E-state index >= 15 is 0 Å². The number of piperazine rings is 1. The van der Waals surface area contributed by atoms with E-state index in [4.69, 9.17) is 0 Å². The summed E-state index contributed by atoms with van der Waals surface area (Å²) in [6.45, 7) is 6.28. The molecule has 1 saturated heterocycles. The van der Waals surface area contributed by atoms with E-state index in [1.54, 1.807) is 23.5 Å². The van der Waals surface area contributed by atoms with E-state index < -0.39 is 0 Å². The molecular weight excluding hydrogens is 369 g/mol. The third-order valence-corrected chi connectivity index (χ3v) is 6.26. The summed E-state index contributed by atoms with van der Waals surface area (Å²) in [7, 11) is 0. The Morgan fingerprint density at radius 2 is 1.96 bits per heavy atom. The van der Waals surface area contributed by atoms with Gasteiger partial charge in [0, 0.05) is 55.8 Å². The van der Waals surface area contributed by atoms with Crippen LogP contribution >= 0.6 is 23.1 Å². The Hall–Kier alpha value is -1.44. The predicted molar refractivity (Wildman–Crippen MR) is 107 cm³/mol. The van der Waals surface area contributed by atoms with Crippen LogP contribution in [-0.2, 0) is 11.3 Å². The van der Waals surface area contributed by atoms with Gasteiger partial charge in [-0.25, -0.2) is 9.37 Å². The number of carbonyl (C=O) groups excluding carboxylic acids is 1. The molecule has 0 aliphatic carbocycles. The van der Waals surface area contributed by atoms with Gasteiger partial charge in [0.05, 0.1) is 5.69 Å². The lowest BCUT2D eigenvalue weighted by atomic mass is 10.2. The Labute approximate surface area is 162 Å². The number of thiazole rings is 1. The molecule has 1 fully saturated rings. The maximum atomic E-state index is 13.0. The Bertz CT molecular complexity index is 712. The first-order valence-corrected chi connectivity index (χ1v) is 11.0. The fourth-order valence-corrected chi connectivity index (χ4v) is 4.38. The molecule has 1 aromatic carbocycles. The molecule has 1 amide bonds. The standard InChI is InChI=1S/C19H24FN3OS2/c1-2-25-12-7-18(24)23-10-8-22(9-11-23)13-17-14-26-19(21-17)15-3-5-16(20)6-4-15/h3-6,14H,2,7-13H2,1H3. The van der Waals surface area contributed by atoms with E-state index in [0.717, 1.165) is 60.5 Å². The molecule has 140 valence electrons. The third kappa shape index (κ3) is 5.28. The van der Waals surface area contributed by atoms with Gasteiger partial charge in [-0.3, -0.25) is 9.69 Å². The number of hydrogen-bond acceptors (Lipinski definition) is 5. The summed E-state index contributed by atoms with van der Waals surface area (Å²) < 4.78 is 13.0. The van der Waals surface area contributed by atoms with Crippen molar-refractivity contribution in [3.8, 4) is 10.6 Å². The largest absolute Gasteiger partial charge is 0.340 e.